The Kier molecular flexibility index (Phi) is 2.58. The predicted octanol–water partition coefficient (Wildman–Crippen LogP) is 1.69. The number of hydrogen-bond acceptors (Lipinski definition) is 3. The predicted molar refractivity (Wildman–Crippen MR) is 58.6 cm³/mol. The standard InChI is InChI=1S/C12H15NO3/c1-7-8(12(15)16)6-9-10(13(7)2)4-3-5-11(9)14/h3-6H2,1-2H3,(H,15,16). The van der Waals surface area contributed by atoms with E-state index in [-0.39, 0.29) is 5.78 Å². The third kappa shape index (κ3) is 1.54. The fraction of sp³-hybridized carbons (Fsp3) is 0.500. The fourth-order valence-corrected chi connectivity index (χ4v) is 2.39. The normalized spacial score (nSPS) is 21.4. The second-order valence-electron chi connectivity index (χ2n) is 4.31. The van der Waals surface area contributed by atoms with Crippen LogP contribution in [-0.2, 0) is 9.59 Å². The molecule has 2 aliphatic rings. The summed E-state index contributed by atoms with van der Waals surface area (Å²) < 4.78 is 0. The summed E-state index contributed by atoms with van der Waals surface area (Å²) >= 11 is 0. The van der Waals surface area contributed by atoms with Gasteiger partial charge in [0.15, 0.2) is 5.78 Å². The van der Waals surface area contributed by atoms with E-state index in [2.05, 4.69) is 0 Å². The Balaban J connectivity index is 2.43. The van der Waals surface area contributed by atoms with E-state index in [4.69, 9.17) is 5.11 Å². The Morgan fingerprint density at radius 2 is 2.06 bits per heavy atom. The van der Waals surface area contributed by atoms with Crippen molar-refractivity contribution in [2.24, 2.45) is 0 Å². The third-order valence-corrected chi connectivity index (χ3v) is 3.46. The number of rotatable bonds is 1. The first-order chi connectivity index (χ1) is 7.52. The second-order valence-corrected chi connectivity index (χ2v) is 4.31. The van der Waals surface area contributed by atoms with Crippen molar-refractivity contribution in [3.63, 3.8) is 0 Å². The highest BCUT2D eigenvalue weighted by Crippen LogP contribution is 2.35. The van der Waals surface area contributed by atoms with Crippen LogP contribution in [0.1, 0.15) is 32.6 Å². The van der Waals surface area contributed by atoms with Crippen molar-refractivity contribution in [1.82, 2.24) is 4.90 Å². The van der Waals surface area contributed by atoms with Gasteiger partial charge in [0.25, 0.3) is 0 Å². The first-order valence-electron chi connectivity index (χ1n) is 5.44. The lowest BCUT2D eigenvalue weighted by Crippen LogP contribution is -2.30. The van der Waals surface area contributed by atoms with Gasteiger partial charge in [-0.1, -0.05) is 0 Å². The first-order valence-corrected chi connectivity index (χ1v) is 5.44. The van der Waals surface area contributed by atoms with Crippen molar-refractivity contribution in [3.05, 3.63) is 22.5 Å². The number of carbonyl (C=O) groups excluding carboxylic acids is 1. The molecule has 2 rings (SSSR count). The molecule has 0 aromatic rings. The molecular formula is C12H15NO3. The fourth-order valence-electron chi connectivity index (χ4n) is 2.39. The number of hydrogen-bond donors (Lipinski definition) is 1. The molecule has 1 N–H and O–H groups in total. The number of carboxylic acids is 1. The third-order valence-electron chi connectivity index (χ3n) is 3.46. The number of ketones is 1. The quantitative estimate of drug-likeness (QED) is 0.732. The van der Waals surface area contributed by atoms with Gasteiger partial charge in [0.2, 0.25) is 0 Å². The summed E-state index contributed by atoms with van der Waals surface area (Å²) in [6, 6.07) is 0. The maximum Gasteiger partial charge on any atom is 0.333 e. The summed E-state index contributed by atoms with van der Waals surface area (Å²) in [4.78, 5) is 24.7. The summed E-state index contributed by atoms with van der Waals surface area (Å²) in [5.41, 5.74) is 2.81. The number of carbonyl (C=O) groups is 2. The van der Waals surface area contributed by atoms with Crippen LogP contribution in [-0.4, -0.2) is 28.8 Å². The smallest absolute Gasteiger partial charge is 0.333 e. The molecule has 1 aliphatic carbocycles. The number of nitrogens with zero attached hydrogens (tertiary/aromatic N) is 1. The summed E-state index contributed by atoms with van der Waals surface area (Å²) in [5.74, 6) is -0.811. The molecule has 1 heterocycles. The molecule has 86 valence electrons. The Morgan fingerprint density at radius 1 is 1.38 bits per heavy atom. The van der Waals surface area contributed by atoms with E-state index in [1.165, 1.54) is 0 Å². The highest BCUT2D eigenvalue weighted by molar-refractivity contribution is 6.00. The summed E-state index contributed by atoms with van der Waals surface area (Å²) in [6.45, 7) is 1.80. The van der Waals surface area contributed by atoms with E-state index in [0.29, 0.717) is 24.0 Å². The molecule has 0 spiro atoms. The SMILES string of the molecule is CC1=C(C(=O)O)CC2=C(CCCC2=O)N1C. The lowest BCUT2D eigenvalue weighted by Gasteiger charge is -2.34. The molecule has 0 aromatic carbocycles. The zero-order valence-electron chi connectivity index (χ0n) is 9.54. The number of allylic oxidation sites excluding steroid dienone is 3. The highest BCUT2D eigenvalue weighted by atomic mass is 16.4. The van der Waals surface area contributed by atoms with Crippen LogP contribution in [0.25, 0.3) is 0 Å². The maximum atomic E-state index is 11.7. The summed E-state index contributed by atoms with van der Waals surface area (Å²) in [5, 5.41) is 9.08. The monoisotopic (exact) mass is 221 g/mol. The molecule has 0 radical (unpaired) electrons. The molecule has 4 heteroatoms. The van der Waals surface area contributed by atoms with Crippen molar-refractivity contribution in [2.75, 3.05) is 7.05 Å². The van der Waals surface area contributed by atoms with Gasteiger partial charge in [-0.2, -0.15) is 0 Å². The lowest BCUT2D eigenvalue weighted by molar-refractivity contribution is -0.132. The summed E-state index contributed by atoms with van der Waals surface area (Å²) in [6.07, 6.45) is 2.60. The molecule has 16 heavy (non-hydrogen) atoms. The van der Waals surface area contributed by atoms with Crippen molar-refractivity contribution in [2.45, 2.75) is 32.6 Å². The van der Waals surface area contributed by atoms with Gasteiger partial charge in [0.1, 0.15) is 0 Å². The van der Waals surface area contributed by atoms with Gasteiger partial charge in [0, 0.05) is 36.9 Å². The molecule has 0 atom stereocenters. The van der Waals surface area contributed by atoms with Gasteiger partial charge in [-0.05, 0) is 19.8 Å². The number of Topliss-reactive ketones (excluding diaryl/α,β-unsaturated/α-hetero) is 1. The Morgan fingerprint density at radius 3 is 2.69 bits per heavy atom. The van der Waals surface area contributed by atoms with E-state index in [0.717, 1.165) is 24.2 Å². The lowest BCUT2D eigenvalue weighted by atomic mass is 9.86. The van der Waals surface area contributed by atoms with Gasteiger partial charge in [-0.25, -0.2) is 4.79 Å². The van der Waals surface area contributed by atoms with Crippen LogP contribution < -0.4 is 0 Å². The van der Waals surface area contributed by atoms with Crippen LogP contribution in [0.3, 0.4) is 0 Å². The van der Waals surface area contributed by atoms with Gasteiger partial charge in [0.05, 0.1) is 5.57 Å². The van der Waals surface area contributed by atoms with E-state index in [1.54, 1.807) is 6.92 Å². The van der Waals surface area contributed by atoms with Gasteiger partial charge in [-0.15, -0.1) is 0 Å². The second kappa shape index (κ2) is 3.77. The van der Waals surface area contributed by atoms with Gasteiger partial charge >= 0.3 is 5.97 Å². The molecule has 1 aliphatic heterocycles. The first kappa shape index (κ1) is 10.9. The van der Waals surface area contributed by atoms with Gasteiger partial charge in [-0.3, -0.25) is 4.79 Å². The van der Waals surface area contributed by atoms with Crippen molar-refractivity contribution < 1.29 is 14.7 Å². The van der Waals surface area contributed by atoms with Crippen molar-refractivity contribution in [1.29, 1.82) is 0 Å². The Hall–Kier alpha value is -1.58. The van der Waals surface area contributed by atoms with E-state index in [9.17, 15) is 9.59 Å². The molecule has 0 unspecified atom stereocenters. The topological polar surface area (TPSA) is 57.6 Å². The molecule has 0 fully saturated rings. The minimum Gasteiger partial charge on any atom is -0.478 e. The number of aliphatic carboxylic acids is 1. The van der Waals surface area contributed by atoms with Gasteiger partial charge < -0.3 is 10.0 Å². The maximum absolute atomic E-state index is 11.7. The van der Waals surface area contributed by atoms with Crippen LogP contribution >= 0.6 is 0 Å². The van der Waals surface area contributed by atoms with Crippen LogP contribution in [0.4, 0.5) is 0 Å². The van der Waals surface area contributed by atoms with Crippen LogP contribution in [0.2, 0.25) is 0 Å². The summed E-state index contributed by atoms with van der Waals surface area (Å²) in [7, 11) is 1.84. The van der Waals surface area contributed by atoms with Crippen molar-refractivity contribution >= 4 is 11.8 Å². The van der Waals surface area contributed by atoms with Crippen LogP contribution in [0.15, 0.2) is 22.5 Å². The average molecular weight is 221 g/mol. The zero-order chi connectivity index (χ0) is 11.9. The molecule has 4 nitrogen and oxygen atoms in total. The van der Waals surface area contributed by atoms with E-state index in [1.807, 2.05) is 11.9 Å². The highest BCUT2D eigenvalue weighted by Gasteiger charge is 2.31. The Bertz CT molecular complexity index is 432. The minimum absolute atomic E-state index is 0.111. The van der Waals surface area contributed by atoms with Crippen molar-refractivity contribution in [3.8, 4) is 0 Å². The molecule has 0 amide bonds. The molecule has 0 saturated heterocycles. The van der Waals surface area contributed by atoms with E-state index >= 15 is 0 Å². The molecular weight excluding hydrogens is 206 g/mol. The van der Waals surface area contributed by atoms with Crippen LogP contribution in [0.5, 0.6) is 0 Å². The Labute approximate surface area is 94.2 Å². The molecule has 0 saturated carbocycles. The van der Waals surface area contributed by atoms with Crippen LogP contribution in [0, 0.1) is 0 Å². The average Bonchev–Trinajstić information content (AvgIpc) is 2.23. The molecule has 0 bridgehead atoms. The minimum atomic E-state index is -0.922. The largest absolute Gasteiger partial charge is 0.478 e. The van der Waals surface area contributed by atoms with E-state index < -0.39 is 5.97 Å². The molecule has 0 aromatic heterocycles. The zero-order valence-corrected chi connectivity index (χ0v) is 9.54. The number of carboxylic acid groups (broad SMARTS) is 1.